The molecule has 3 aromatic carbocycles. The van der Waals surface area contributed by atoms with E-state index in [9.17, 15) is 18.5 Å². The predicted molar refractivity (Wildman–Crippen MR) is 137 cm³/mol. The highest BCUT2D eigenvalue weighted by molar-refractivity contribution is 7.91. The monoisotopic (exact) mass is 484 g/mol. The first-order valence-electron chi connectivity index (χ1n) is 11.4. The molecule has 0 spiro atoms. The zero-order valence-corrected chi connectivity index (χ0v) is 19.8. The first kappa shape index (κ1) is 22.8. The van der Waals surface area contributed by atoms with Gasteiger partial charge in [-0.15, -0.1) is 0 Å². The number of carbonyl (C=O) groups is 1. The summed E-state index contributed by atoms with van der Waals surface area (Å²) < 4.78 is 23.3. The summed E-state index contributed by atoms with van der Waals surface area (Å²) in [6.45, 7) is 1.78. The van der Waals surface area contributed by atoms with Crippen LogP contribution in [-0.4, -0.2) is 43.8 Å². The standard InChI is InChI=1S/C27H24N4O3S/c28-17-20-8-11-24-23(16-20)25(27(32)30-24)26(21-4-2-1-3-5-21)29-22-9-6-19(7-10-22)18-31-12-14-35(33,34)15-13-31/h1-11,16,29H,12-15,18H2,(H,30,32)/b26-25-. The van der Waals surface area contributed by atoms with Crippen molar-refractivity contribution in [1.82, 2.24) is 4.90 Å². The number of carbonyl (C=O) groups excluding carboxylic acids is 1. The summed E-state index contributed by atoms with van der Waals surface area (Å²) >= 11 is 0. The lowest BCUT2D eigenvalue weighted by Gasteiger charge is -2.26. The van der Waals surface area contributed by atoms with E-state index in [0.29, 0.717) is 47.7 Å². The number of sulfone groups is 1. The average molecular weight is 485 g/mol. The maximum absolute atomic E-state index is 13.0. The molecule has 8 heteroatoms. The fourth-order valence-corrected chi connectivity index (χ4v) is 5.65. The number of rotatable bonds is 5. The van der Waals surface area contributed by atoms with Crippen LogP contribution in [0.1, 0.15) is 22.3 Å². The molecule has 1 saturated heterocycles. The van der Waals surface area contributed by atoms with Crippen molar-refractivity contribution in [3.8, 4) is 6.07 Å². The molecule has 2 heterocycles. The lowest BCUT2D eigenvalue weighted by Crippen LogP contribution is -2.39. The van der Waals surface area contributed by atoms with Crippen LogP contribution in [0.2, 0.25) is 0 Å². The molecule has 1 fully saturated rings. The van der Waals surface area contributed by atoms with Gasteiger partial charge >= 0.3 is 0 Å². The van der Waals surface area contributed by atoms with Crippen LogP contribution in [0.15, 0.2) is 72.8 Å². The molecule has 2 aliphatic rings. The van der Waals surface area contributed by atoms with Gasteiger partial charge < -0.3 is 10.6 Å². The third-order valence-electron chi connectivity index (χ3n) is 6.27. The van der Waals surface area contributed by atoms with Crippen LogP contribution >= 0.6 is 0 Å². The molecular weight excluding hydrogens is 460 g/mol. The van der Waals surface area contributed by atoms with Gasteiger partial charge in [-0.2, -0.15) is 5.26 Å². The van der Waals surface area contributed by atoms with Crippen LogP contribution in [0.5, 0.6) is 0 Å². The Morgan fingerprint density at radius 2 is 1.71 bits per heavy atom. The van der Waals surface area contributed by atoms with Crippen molar-refractivity contribution in [2.24, 2.45) is 0 Å². The molecule has 1 amide bonds. The predicted octanol–water partition coefficient (Wildman–Crippen LogP) is 3.72. The fraction of sp³-hybridized carbons (Fsp3) is 0.185. The zero-order valence-electron chi connectivity index (χ0n) is 19.0. The van der Waals surface area contributed by atoms with Crippen molar-refractivity contribution in [2.45, 2.75) is 6.54 Å². The average Bonchev–Trinajstić information content (AvgIpc) is 3.20. The third kappa shape index (κ3) is 4.97. The van der Waals surface area contributed by atoms with E-state index >= 15 is 0 Å². The van der Waals surface area contributed by atoms with E-state index in [0.717, 1.165) is 16.8 Å². The van der Waals surface area contributed by atoms with E-state index in [1.54, 1.807) is 18.2 Å². The second kappa shape index (κ2) is 9.37. The van der Waals surface area contributed by atoms with E-state index < -0.39 is 9.84 Å². The van der Waals surface area contributed by atoms with Crippen LogP contribution in [0, 0.1) is 11.3 Å². The Bertz CT molecular complexity index is 1440. The molecule has 176 valence electrons. The maximum atomic E-state index is 13.0. The summed E-state index contributed by atoms with van der Waals surface area (Å²) in [4.78, 5) is 15.2. The van der Waals surface area contributed by atoms with Crippen molar-refractivity contribution in [2.75, 3.05) is 35.2 Å². The minimum Gasteiger partial charge on any atom is -0.354 e. The smallest absolute Gasteiger partial charge is 0.258 e. The summed E-state index contributed by atoms with van der Waals surface area (Å²) in [6.07, 6.45) is 0. The Labute approximate surface area is 204 Å². The molecule has 0 aromatic heterocycles. The molecule has 0 radical (unpaired) electrons. The molecule has 5 rings (SSSR count). The van der Waals surface area contributed by atoms with Gasteiger partial charge in [-0.05, 0) is 41.5 Å². The lowest BCUT2D eigenvalue weighted by atomic mass is 9.98. The molecule has 7 nitrogen and oxygen atoms in total. The van der Waals surface area contributed by atoms with E-state index in [1.807, 2.05) is 54.6 Å². The molecular formula is C27H24N4O3S. The second-order valence-electron chi connectivity index (χ2n) is 8.69. The number of benzene rings is 3. The molecule has 2 aliphatic heterocycles. The number of nitriles is 1. The largest absolute Gasteiger partial charge is 0.354 e. The molecule has 3 aromatic rings. The highest BCUT2D eigenvalue weighted by Crippen LogP contribution is 2.38. The van der Waals surface area contributed by atoms with Crippen LogP contribution in [0.4, 0.5) is 11.4 Å². The Morgan fingerprint density at radius 3 is 2.40 bits per heavy atom. The lowest BCUT2D eigenvalue weighted by molar-refractivity contribution is -0.110. The maximum Gasteiger partial charge on any atom is 0.258 e. The Kier molecular flexibility index (Phi) is 6.12. The number of anilines is 2. The molecule has 35 heavy (non-hydrogen) atoms. The van der Waals surface area contributed by atoms with Crippen molar-refractivity contribution in [3.05, 3.63) is 95.1 Å². The number of hydrogen-bond donors (Lipinski definition) is 2. The number of hydrogen-bond acceptors (Lipinski definition) is 6. The number of nitrogens with one attached hydrogen (secondary N) is 2. The number of nitrogens with zero attached hydrogens (tertiary/aromatic N) is 2. The van der Waals surface area contributed by atoms with Crippen molar-refractivity contribution >= 4 is 38.4 Å². The summed E-state index contributed by atoms with van der Waals surface area (Å²) in [5.41, 5.74) is 5.76. The van der Waals surface area contributed by atoms with Gasteiger partial charge in [-0.1, -0.05) is 42.5 Å². The topological polar surface area (TPSA) is 102 Å². The summed E-state index contributed by atoms with van der Waals surface area (Å²) in [7, 11) is -2.90. The Balaban J connectivity index is 1.45. The molecule has 0 saturated carbocycles. The number of fused-ring (bicyclic) bond motifs is 1. The van der Waals surface area contributed by atoms with E-state index in [4.69, 9.17) is 0 Å². The summed E-state index contributed by atoms with van der Waals surface area (Å²) in [5.74, 6) is 0.188. The zero-order chi connectivity index (χ0) is 24.4. The molecule has 0 aliphatic carbocycles. The van der Waals surface area contributed by atoms with Crippen LogP contribution < -0.4 is 10.6 Å². The normalized spacial score (nSPS) is 18.3. The first-order chi connectivity index (χ1) is 16.9. The Morgan fingerprint density at radius 1 is 1.00 bits per heavy atom. The minimum atomic E-state index is -2.90. The van der Waals surface area contributed by atoms with Gasteiger partial charge in [0.25, 0.3) is 5.91 Å². The summed E-state index contributed by atoms with van der Waals surface area (Å²) in [6, 6.07) is 24.9. The quantitative estimate of drug-likeness (QED) is 0.535. The minimum absolute atomic E-state index is 0.206. The third-order valence-corrected chi connectivity index (χ3v) is 7.88. The van der Waals surface area contributed by atoms with Gasteiger partial charge in [0.2, 0.25) is 0 Å². The van der Waals surface area contributed by atoms with Crippen molar-refractivity contribution < 1.29 is 13.2 Å². The van der Waals surface area contributed by atoms with Gasteiger partial charge in [0.1, 0.15) is 0 Å². The van der Waals surface area contributed by atoms with Gasteiger partial charge in [0.15, 0.2) is 9.84 Å². The van der Waals surface area contributed by atoms with Crippen LogP contribution in [0.3, 0.4) is 0 Å². The van der Waals surface area contributed by atoms with Gasteiger partial charge in [-0.25, -0.2) is 8.42 Å². The second-order valence-corrected chi connectivity index (χ2v) is 11.0. The fourth-order valence-electron chi connectivity index (χ4n) is 4.37. The van der Waals surface area contributed by atoms with E-state index in [2.05, 4.69) is 21.6 Å². The highest BCUT2D eigenvalue weighted by Gasteiger charge is 2.29. The molecule has 0 atom stereocenters. The van der Waals surface area contributed by atoms with Crippen molar-refractivity contribution in [3.63, 3.8) is 0 Å². The van der Waals surface area contributed by atoms with Gasteiger partial charge in [0, 0.05) is 36.6 Å². The SMILES string of the molecule is N#Cc1ccc2c(c1)/C(=C(/Nc1ccc(CN3CCS(=O)(=O)CC3)cc1)c1ccccc1)C(=O)N2. The van der Waals surface area contributed by atoms with Crippen LogP contribution in [-0.2, 0) is 21.2 Å². The Hall–Kier alpha value is -3.93. The molecule has 0 bridgehead atoms. The first-order valence-corrected chi connectivity index (χ1v) is 13.2. The van der Waals surface area contributed by atoms with Gasteiger partial charge in [-0.3, -0.25) is 9.69 Å². The highest BCUT2D eigenvalue weighted by atomic mass is 32.2. The van der Waals surface area contributed by atoms with E-state index in [1.165, 1.54) is 0 Å². The molecule has 2 N–H and O–H groups in total. The number of amides is 1. The van der Waals surface area contributed by atoms with Gasteiger partial charge in [0.05, 0.1) is 34.4 Å². The van der Waals surface area contributed by atoms with E-state index in [-0.39, 0.29) is 17.4 Å². The van der Waals surface area contributed by atoms with Crippen molar-refractivity contribution in [1.29, 1.82) is 5.26 Å². The van der Waals surface area contributed by atoms with Crippen LogP contribution in [0.25, 0.3) is 11.3 Å². The summed E-state index contributed by atoms with van der Waals surface area (Å²) in [5, 5.41) is 15.7. The molecule has 0 unspecified atom stereocenters.